The van der Waals surface area contributed by atoms with E-state index in [0.29, 0.717) is 0 Å². The summed E-state index contributed by atoms with van der Waals surface area (Å²) in [6.45, 7) is 3.24. The van der Waals surface area contributed by atoms with Gasteiger partial charge >= 0.3 is 33.3 Å². The molecule has 0 aromatic rings. The average Bonchev–Trinajstić information content (AvgIpc) is 1.37. The monoisotopic (exact) mass is 95.0 g/mol. The van der Waals surface area contributed by atoms with Gasteiger partial charge in [-0.25, -0.2) is 0 Å². The molecule has 0 rings (SSSR count). The molecule has 0 heterocycles. The second kappa shape index (κ2) is 3.04. The van der Waals surface area contributed by atoms with Crippen molar-refractivity contribution in [3.8, 4) is 0 Å². The van der Waals surface area contributed by atoms with Crippen LogP contribution in [0.3, 0.4) is 0 Å². The van der Waals surface area contributed by atoms with E-state index in [2.05, 4.69) is 28.3 Å². The van der Waals surface area contributed by atoms with Crippen LogP contribution in [0.4, 0.5) is 0 Å². The summed E-state index contributed by atoms with van der Waals surface area (Å²) in [7, 11) is 0. The van der Waals surface area contributed by atoms with Crippen LogP contribution in [0.25, 0.3) is 0 Å². The van der Waals surface area contributed by atoms with Gasteiger partial charge in [0.05, 0.1) is 0 Å². The molecule has 0 N–H and O–H groups in total. The zero-order chi connectivity index (χ0) is 3.41. The fourth-order valence-electron chi connectivity index (χ4n) is 0. The van der Waals surface area contributed by atoms with Gasteiger partial charge in [-0.2, -0.15) is 0 Å². The van der Waals surface area contributed by atoms with Crippen LogP contribution in [0.1, 0.15) is 0 Å². The summed E-state index contributed by atoms with van der Waals surface area (Å²) in [6.07, 6.45) is 0. The van der Waals surface area contributed by atoms with E-state index >= 15 is 0 Å². The zero-order valence-electron chi connectivity index (χ0n) is 2.14. The van der Waals surface area contributed by atoms with Crippen molar-refractivity contribution in [1.82, 2.24) is 0 Å². The van der Waals surface area contributed by atoms with E-state index in [9.17, 15) is 0 Å². The standard InChI is InChI=1S/C3H3.Fe/c1-3-2;/h1H,2H2;. The van der Waals surface area contributed by atoms with Crippen molar-refractivity contribution in [2.45, 2.75) is 0 Å². The molecule has 0 aromatic carbocycles. The summed E-state index contributed by atoms with van der Waals surface area (Å²) in [5, 5.41) is 0. The van der Waals surface area contributed by atoms with Crippen molar-refractivity contribution in [2.24, 2.45) is 0 Å². The molecular formula is C3H3Fe. The van der Waals surface area contributed by atoms with Gasteiger partial charge in [0, 0.05) is 0 Å². The van der Waals surface area contributed by atoms with E-state index in [1.807, 2.05) is 0 Å². The minimum absolute atomic E-state index is 1.51. The van der Waals surface area contributed by atoms with Crippen molar-refractivity contribution in [2.75, 3.05) is 0 Å². The molecule has 0 amide bonds. The first-order chi connectivity index (χ1) is 1.91. The molecule has 0 nitrogen and oxygen atoms in total. The molecule has 23 valence electrons. The van der Waals surface area contributed by atoms with E-state index in [1.54, 1.807) is 0 Å². The third-order valence-electron chi connectivity index (χ3n) is 0.0722. The molecule has 0 fully saturated rings. The van der Waals surface area contributed by atoms with Crippen LogP contribution < -0.4 is 0 Å². The van der Waals surface area contributed by atoms with Crippen molar-refractivity contribution in [1.29, 1.82) is 0 Å². The van der Waals surface area contributed by atoms with E-state index in [1.165, 1.54) is 4.97 Å². The number of rotatable bonds is 0. The van der Waals surface area contributed by atoms with Crippen LogP contribution in [-0.4, -0.2) is 0 Å². The predicted octanol–water partition coefficient (Wildman–Crippen LogP) is 0.832. The molecule has 0 spiro atoms. The fraction of sp³-hybridized carbons (Fsp3) is 0. The van der Waals surface area contributed by atoms with Crippen LogP contribution in [-0.2, 0) is 16.0 Å². The first-order valence-corrected chi connectivity index (χ1v) is 1.48. The number of hydrogen-bond acceptors (Lipinski definition) is 0. The second-order valence-electron chi connectivity index (χ2n) is 0.306. The Bertz CT molecular complexity index is 41.2. The van der Waals surface area contributed by atoms with Crippen LogP contribution in [0.5, 0.6) is 0 Å². The minimum atomic E-state index is 1.51. The molecule has 4 heavy (non-hydrogen) atoms. The van der Waals surface area contributed by atoms with Crippen molar-refractivity contribution in [3.63, 3.8) is 0 Å². The van der Waals surface area contributed by atoms with Gasteiger partial charge in [0.25, 0.3) is 0 Å². The third-order valence-corrected chi connectivity index (χ3v) is 0.298. The first kappa shape index (κ1) is 4.04. The molecule has 0 aromatic heterocycles. The summed E-state index contributed by atoms with van der Waals surface area (Å²) >= 11 is 3.31. The summed E-state index contributed by atoms with van der Waals surface area (Å²) in [6, 6.07) is 0. The Labute approximate surface area is 34.0 Å². The molecule has 0 saturated heterocycles. The van der Waals surface area contributed by atoms with Crippen LogP contribution in [0, 0.1) is 0 Å². The Balaban J connectivity index is 3.11. The molecule has 0 aliphatic heterocycles. The van der Waals surface area contributed by atoms with Crippen molar-refractivity contribution < 1.29 is 16.0 Å². The maximum atomic E-state index is 3.31. The van der Waals surface area contributed by atoms with Crippen LogP contribution in [0.15, 0.2) is 17.3 Å². The predicted molar refractivity (Wildman–Crippen MR) is 13.7 cm³/mol. The van der Waals surface area contributed by atoms with Crippen LogP contribution in [0.2, 0.25) is 0 Å². The second-order valence-corrected chi connectivity index (χ2v) is 0.625. The van der Waals surface area contributed by atoms with E-state index in [0.717, 1.165) is 0 Å². The third kappa shape index (κ3) is 2.04. The fourth-order valence-corrected chi connectivity index (χ4v) is 0. The number of hydrogen-bond donors (Lipinski definition) is 0. The van der Waals surface area contributed by atoms with Gasteiger partial charge in [0.15, 0.2) is 0 Å². The first-order valence-electron chi connectivity index (χ1n) is 0.846. The van der Waals surface area contributed by atoms with Crippen molar-refractivity contribution in [3.05, 3.63) is 17.3 Å². The van der Waals surface area contributed by atoms with Gasteiger partial charge < -0.3 is 0 Å². The Kier molecular flexibility index (Phi) is 3.07. The van der Waals surface area contributed by atoms with E-state index in [4.69, 9.17) is 0 Å². The molecule has 0 unspecified atom stereocenters. The Morgan fingerprint density at radius 1 is 2.00 bits per heavy atom. The zero-order valence-corrected chi connectivity index (χ0v) is 3.24. The molecule has 0 aliphatic carbocycles. The van der Waals surface area contributed by atoms with E-state index in [-0.39, 0.29) is 0 Å². The molecule has 1 heteroatoms. The summed E-state index contributed by atoms with van der Waals surface area (Å²) in [5.41, 5.74) is 2.44. The van der Waals surface area contributed by atoms with Gasteiger partial charge in [-0.3, -0.25) is 0 Å². The Morgan fingerprint density at radius 3 is 2.25 bits per heavy atom. The van der Waals surface area contributed by atoms with Gasteiger partial charge in [0.2, 0.25) is 0 Å². The summed E-state index contributed by atoms with van der Waals surface area (Å²) in [5.74, 6) is 0. The van der Waals surface area contributed by atoms with Gasteiger partial charge in [-0.15, -0.1) is 0 Å². The molecule has 0 bridgehead atoms. The molecule has 0 atom stereocenters. The molecular weight excluding hydrogens is 91.9 g/mol. The van der Waals surface area contributed by atoms with Gasteiger partial charge in [-0.05, 0) is 0 Å². The maximum absolute atomic E-state index is 3.31. The quantitative estimate of drug-likeness (QED) is 0.308. The summed E-state index contributed by atoms with van der Waals surface area (Å²) < 4.78 is 0. The van der Waals surface area contributed by atoms with Gasteiger partial charge in [-0.1, -0.05) is 0 Å². The van der Waals surface area contributed by atoms with Crippen LogP contribution >= 0.6 is 0 Å². The molecule has 0 saturated carbocycles. The molecule has 0 aliphatic rings. The molecule has 0 radical (unpaired) electrons. The summed E-state index contributed by atoms with van der Waals surface area (Å²) in [4.78, 5) is 1.51. The average molecular weight is 94.9 g/mol. The van der Waals surface area contributed by atoms with Gasteiger partial charge in [0.1, 0.15) is 0 Å². The Hall–Kier alpha value is 0.0395. The SMILES string of the molecule is C=C=[CH][Fe]. The van der Waals surface area contributed by atoms with E-state index < -0.39 is 0 Å². The Morgan fingerprint density at radius 2 is 2.25 bits per heavy atom. The topological polar surface area (TPSA) is 0 Å². The van der Waals surface area contributed by atoms with Crippen molar-refractivity contribution >= 4 is 0 Å². The normalized spacial score (nSPS) is 4.25.